The van der Waals surface area contributed by atoms with Crippen LogP contribution in [0.25, 0.3) is 32.6 Å². The molecule has 0 fully saturated rings. The minimum Gasteiger partial charge on any atom is -0.446 e. The van der Waals surface area contributed by atoms with E-state index in [0.29, 0.717) is 5.69 Å². The van der Waals surface area contributed by atoms with Gasteiger partial charge in [0.15, 0.2) is 0 Å². The van der Waals surface area contributed by atoms with Gasteiger partial charge >= 0.3 is 6.92 Å². The first-order valence-corrected chi connectivity index (χ1v) is 9.16. The Morgan fingerprint density at radius 3 is 2.73 bits per heavy atom. The van der Waals surface area contributed by atoms with Crippen LogP contribution in [0, 0.1) is 6.92 Å². The van der Waals surface area contributed by atoms with Crippen LogP contribution in [0.2, 0.25) is 6.82 Å². The van der Waals surface area contributed by atoms with Crippen molar-refractivity contribution in [1.82, 2.24) is 15.2 Å². The van der Waals surface area contributed by atoms with Gasteiger partial charge in [0, 0.05) is 22.5 Å². The zero-order valence-electron chi connectivity index (χ0n) is 14.5. The number of anilines is 1. The average Bonchev–Trinajstić information content (AvgIpc) is 3.15. The molecule has 0 atom stereocenters. The van der Waals surface area contributed by atoms with Crippen LogP contribution in [0.3, 0.4) is 0 Å². The molecule has 4 rings (SSSR count). The summed E-state index contributed by atoms with van der Waals surface area (Å²) >= 11 is 1.59. The fraction of sp³-hybridized carbons (Fsp3) is 0.105. The van der Waals surface area contributed by atoms with E-state index in [1.54, 1.807) is 30.6 Å². The summed E-state index contributed by atoms with van der Waals surface area (Å²) in [6.45, 7) is 3.24. The minimum atomic E-state index is -0.546. The monoisotopic (exact) mass is 360 g/mol. The quantitative estimate of drug-likeness (QED) is 0.549. The molecular formula is C19H17BN4OS. The van der Waals surface area contributed by atoms with E-state index in [-0.39, 0.29) is 0 Å². The molecule has 7 heteroatoms. The van der Waals surface area contributed by atoms with Crippen molar-refractivity contribution in [3.8, 4) is 21.7 Å². The van der Waals surface area contributed by atoms with Crippen molar-refractivity contribution in [3.63, 3.8) is 0 Å². The molecule has 0 saturated heterocycles. The molecule has 4 aromatic rings. The molecule has 0 amide bonds. The van der Waals surface area contributed by atoms with E-state index in [1.807, 2.05) is 36.6 Å². The number of hydrogen-bond donors (Lipinski definition) is 2. The highest BCUT2D eigenvalue weighted by molar-refractivity contribution is 7.13. The molecular weight excluding hydrogens is 343 g/mol. The van der Waals surface area contributed by atoms with Crippen molar-refractivity contribution in [1.29, 1.82) is 0 Å². The molecule has 26 heavy (non-hydrogen) atoms. The lowest BCUT2D eigenvalue weighted by molar-refractivity contribution is 0.593. The number of nitrogens with two attached hydrogens (primary N) is 1. The van der Waals surface area contributed by atoms with Crippen molar-refractivity contribution in [2.24, 2.45) is 0 Å². The van der Waals surface area contributed by atoms with Gasteiger partial charge in [-0.25, -0.2) is 4.98 Å². The second-order valence-electron chi connectivity index (χ2n) is 6.30. The number of aromatic nitrogens is 3. The van der Waals surface area contributed by atoms with Gasteiger partial charge in [0.05, 0.1) is 17.4 Å². The van der Waals surface area contributed by atoms with Crippen molar-refractivity contribution in [3.05, 3.63) is 53.7 Å². The van der Waals surface area contributed by atoms with Crippen LogP contribution >= 0.6 is 11.3 Å². The first-order valence-electron chi connectivity index (χ1n) is 8.28. The maximum atomic E-state index is 10.2. The van der Waals surface area contributed by atoms with Crippen LogP contribution in [0.5, 0.6) is 0 Å². The largest absolute Gasteiger partial charge is 0.446 e. The smallest absolute Gasteiger partial charge is 0.320 e. The SMILES string of the molecule is CB(O)c1cc(-c2ccc3c(N)cnnc3c2)c(-c2nccs2)cc1C. The van der Waals surface area contributed by atoms with Crippen LogP contribution in [-0.4, -0.2) is 27.1 Å². The third-order valence-corrected chi connectivity index (χ3v) is 5.31. The Kier molecular flexibility index (Phi) is 4.18. The number of aryl methyl sites for hydroxylation is 1. The maximum absolute atomic E-state index is 10.2. The molecule has 2 heterocycles. The number of fused-ring (bicyclic) bond motifs is 1. The van der Waals surface area contributed by atoms with Gasteiger partial charge in [-0.1, -0.05) is 24.5 Å². The van der Waals surface area contributed by atoms with Crippen LogP contribution in [0.4, 0.5) is 5.69 Å². The van der Waals surface area contributed by atoms with E-state index in [2.05, 4.69) is 21.2 Å². The molecule has 0 unspecified atom stereocenters. The van der Waals surface area contributed by atoms with Crippen LogP contribution in [0.15, 0.2) is 48.1 Å². The minimum absolute atomic E-state index is 0.546. The number of nitrogen functional groups attached to an aromatic ring is 1. The van der Waals surface area contributed by atoms with Crippen molar-refractivity contribution in [2.75, 3.05) is 5.73 Å². The number of benzene rings is 2. The highest BCUT2D eigenvalue weighted by Crippen LogP contribution is 2.35. The zero-order valence-corrected chi connectivity index (χ0v) is 15.3. The Morgan fingerprint density at radius 2 is 2.00 bits per heavy atom. The molecule has 0 aliphatic heterocycles. The third kappa shape index (κ3) is 2.85. The summed E-state index contributed by atoms with van der Waals surface area (Å²) in [5.41, 5.74) is 12.3. The highest BCUT2D eigenvalue weighted by Gasteiger charge is 2.17. The summed E-state index contributed by atoms with van der Waals surface area (Å²) in [6.07, 6.45) is 3.36. The predicted molar refractivity (Wildman–Crippen MR) is 109 cm³/mol. The van der Waals surface area contributed by atoms with Gasteiger partial charge in [0.2, 0.25) is 0 Å². The van der Waals surface area contributed by atoms with Crippen molar-refractivity contribution < 1.29 is 5.02 Å². The second-order valence-corrected chi connectivity index (χ2v) is 7.19. The first kappa shape index (κ1) is 16.7. The van der Waals surface area contributed by atoms with E-state index in [1.165, 1.54) is 0 Å². The van der Waals surface area contributed by atoms with E-state index < -0.39 is 6.92 Å². The third-order valence-electron chi connectivity index (χ3n) is 4.50. The Labute approximate surface area is 155 Å². The Hall–Kier alpha value is -2.77. The zero-order chi connectivity index (χ0) is 18.3. The molecule has 5 nitrogen and oxygen atoms in total. The molecule has 3 N–H and O–H groups in total. The first-order chi connectivity index (χ1) is 12.5. The summed E-state index contributed by atoms with van der Waals surface area (Å²) in [5.74, 6) is 0. The van der Waals surface area contributed by atoms with Crippen LogP contribution < -0.4 is 11.2 Å². The van der Waals surface area contributed by atoms with Crippen molar-refractivity contribution in [2.45, 2.75) is 13.7 Å². The van der Waals surface area contributed by atoms with Gasteiger partial charge in [-0.3, -0.25) is 0 Å². The van der Waals surface area contributed by atoms with E-state index in [4.69, 9.17) is 5.73 Å². The summed E-state index contributed by atoms with van der Waals surface area (Å²) in [7, 11) is 0. The fourth-order valence-corrected chi connectivity index (χ4v) is 3.86. The van der Waals surface area contributed by atoms with Gasteiger partial charge < -0.3 is 10.8 Å². The van der Waals surface area contributed by atoms with E-state index in [9.17, 15) is 5.02 Å². The Bertz CT molecular complexity index is 1100. The van der Waals surface area contributed by atoms with E-state index in [0.717, 1.165) is 43.6 Å². The van der Waals surface area contributed by atoms with E-state index >= 15 is 0 Å². The van der Waals surface area contributed by atoms with Gasteiger partial charge in [0.25, 0.3) is 0 Å². The normalized spacial score (nSPS) is 11.0. The summed E-state index contributed by atoms with van der Waals surface area (Å²) < 4.78 is 0. The molecule has 2 aromatic carbocycles. The number of thiazole rings is 1. The fourth-order valence-electron chi connectivity index (χ4n) is 3.20. The average molecular weight is 360 g/mol. The lowest BCUT2D eigenvalue weighted by atomic mass is 9.62. The molecule has 0 radical (unpaired) electrons. The summed E-state index contributed by atoms with van der Waals surface area (Å²) in [4.78, 5) is 4.47. The van der Waals surface area contributed by atoms with Gasteiger partial charge in [-0.05, 0) is 41.7 Å². The standard InChI is InChI=1S/C19H17BN4OS/c1-11-7-15(19-22-5-6-26-19)14(9-16(11)20(2)25)12-3-4-13-17(21)10-23-24-18(13)8-12/h3-10,25H,1-2H3,(H2,21,24). The molecule has 0 bridgehead atoms. The molecule has 0 aliphatic rings. The lowest BCUT2D eigenvalue weighted by Crippen LogP contribution is -2.29. The van der Waals surface area contributed by atoms with Crippen molar-refractivity contribution >= 4 is 40.3 Å². The highest BCUT2D eigenvalue weighted by atomic mass is 32.1. The van der Waals surface area contributed by atoms with Gasteiger partial charge in [-0.2, -0.15) is 10.2 Å². The molecule has 0 saturated carbocycles. The molecule has 128 valence electrons. The van der Waals surface area contributed by atoms with Crippen LogP contribution in [-0.2, 0) is 0 Å². The lowest BCUT2D eigenvalue weighted by Gasteiger charge is -2.15. The maximum Gasteiger partial charge on any atom is 0.320 e. The predicted octanol–water partition coefficient (Wildman–Crippen LogP) is 3.13. The number of rotatable bonds is 3. The molecule has 2 aromatic heterocycles. The topological polar surface area (TPSA) is 84.9 Å². The Balaban J connectivity index is 1.99. The second kappa shape index (κ2) is 6.51. The number of nitrogens with zero attached hydrogens (tertiary/aromatic N) is 3. The van der Waals surface area contributed by atoms with Crippen LogP contribution in [0.1, 0.15) is 5.56 Å². The number of hydrogen-bond acceptors (Lipinski definition) is 6. The molecule has 0 spiro atoms. The molecule has 0 aliphatic carbocycles. The summed E-state index contributed by atoms with van der Waals surface area (Å²) in [6, 6.07) is 10.1. The van der Waals surface area contributed by atoms with Gasteiger partial charge in [-0.15, -0.1) is 11.3 Å². The summed E-state index contributed by atoms with van der Waals surface area (Å²) in [5, 5.41) is 22.1. The Morgan fingerprint density at radius 1 is 1.15 bits per heavy atom. The van der Waals surface area contributed by atoms with Gasteiger partial charge in [0.1, 0.15) is 5.01 Å².